The van der Waals surface area contributed by atoms with Crippen LogP contribution in [0.2, 0.25) is 5.02 Å². The fourth-order valence-electron chi connectivity index (χ4n) is 4.34. The van der Waals surface area contributed by atoms with Gasteiger partial charge in [0.15, 0.2) is 0 Å². The fourth-order valence-corrected chi connectivity index (χ4v) is 5.73. The molecule has 0 radical (unpaired) electrons. The highest BCUT2D eigenvalue weighted by Gasteiger charge is 2.25. The molecule has 2 fully saturated rings. The molecule has 1 aromatic carbocycles. The molecule has 0 unspecified atom stereocenters. The number of likely N-dealkylation sites (tertiary alicyclic amines) is 2. The first-order chi connectivity index (χ1) is 14.1. The molecule has 7 heteroatoms. The van der Waals surface area contributed by atoms with Gasteiger partial charge in [-0.05, 0) is 68.0 Å². The number of benzene rings is 1. The summed E-state index contributed by atoms with van der Waals surface area (Å²) in [4.78, 5) is 18.1. The number of aliphatic hydroxyl groups is 1. The Balaban J connectivity index is 1.50. The van der Waals surface area contributed by atoms with Crippen LogP contribution in [-0.4, -0.2) is 60.1 Å². The number of halogens is 2. The quantitative estimate of drug-likeness (QED) is 0.744. The van der Waals surface area contributed by atoms with Crippen LogP contribution >= 0.6 is 22.9 Å². The molecule has 4 rings (SSSR count). The maximum Gasteiger partial charge on any atom is 0.265 e. The predicted octanol–water partition coefficient (Wildman–Crippen LogP) is 4.62. The minimum absolute atomic E-state index is 0.0181. The van der Waals surface area contributed by atoms with Gasteiger partial charge < -0.3 is 14.9 Å². The Kier molecular flexibility index (Phi) is 6.54. The summed E-state index contributed by atoms with van der Waals surface area (Å²) in [5.41, 5.74) is 1.52. The highest BCUT2D eigenvalue weighted by Crippen LogP contribution is 2.38. The number of amides is 1. The second-order valence-corrected chi connectivity index (χ2v) is 9.32. The molecule has 4 nitrogen and oxygen atoms in total. The molecule has 0 saturated carbocycles. The summed E-state index contributed by atoms with van der Waals surface area (Å²) in [6.45, 7) is 4.18. The summed E-state index contributed by atoms with van der Waals surface area (Å²) in [5.74, 6) is -0.00578. The fraction of sp³-hybridized carbons (Fsp3) is 0.500. The number of carbonyl (C=O) groups is 1. The van der Waals surface area contributed by atoms with E-state index in [9.17, 15) is 9.18 Å². The van der Waals surface area contributed by atoms with E-state index < -0.39 is 0 Å². The zero-order valence-corrected chi connectivity index (χ0v) is 17.9. The summed E-state index contributed by atoms with van der Waals surface area (Å²) < 4.78 is 14.9. The topological polar surface area (TPSA) is 43.8 Å². The number of carbonyl (C=O) groups excluding carboxylic acids is 1. The molecular weight excluding hydrogens is 411 g/mol. The molecule has 3 heterocycles. The second-order valence-electron chi connectivity index (χ2n) is 7.86. The van der Waals surface area contributed by atoms with Crippen LogP contribution < -0.4 is 0 Å². The van der Waals surface area contributed by atoms with Crippen LogP contribution in [0.4, 0.5) is 4.39 Å². The van der Waals surface area contributed by atoms with E-state index in [2.05, 4.69) is 4.90 Å². The van der Waals surface area contributed by atoms with Gasteiger partial charge in [0.1, 0.15) is 10.7 Å². The zero-order valence-electron chi connectivity index (χ0n) is 16.4. The van der Waals surface area contributed by atoms with Crippen molar-refractivity contribution in [1.29, 1.82) is 0 Å². The molecule has 0 aliphatic carbocycles. The van der Waals surface area contributed by atoms with Gasteiger partial charge in [-0.2, -0.15) is 0 Å². The molecule has 2 aliphatic rings. The predicted molar refractivity (Wildman–Crippen MR) is 115 cm³/mol. The molecule has 0 spiro atoms. The van der Waals surface area contributed by atoms with Crippen LogP contribution in [0, 0.1) is 5.82 Å². The molecule has 2 aromatic rings. The van der Waals surface area contributed by atoms with Gasteiger partial charge in [0.25, 0.3) is 5.91 Å². The highest BCUT2D eigenvalue weighted by atomic mass is 35.5. The third-order valence-corrected chi connectivity index (χ3v) is 7.59. The lowest BCUT2D eigenvalue weighted by atomic mass is 9.88. The molecule has 29 heavy (non-hydrogen) atoms. The number of nitrogens with zero attached hydrogens (tertiary/aromatic N) is 2. The van der Waals surface area contributed by atoms with Crippen molar-refractivity contribution >= 4 is 28.8 Å². The lowest BCUT2D eigenvalue weighted by molar-refractivity contribution is 0.0797. The van der Waals surface area contributed by atoms with Crippen molar-refractivity contribution in [2.75, 3.05) is 39.3 Å². The Morgan fingerprint density at radius 3 is 2.55 bits per heavy atom. The van der Waals surface area contributed by atoms with Crippen LogP contribution in [0.3, 0.4) is 0 Å². The number of β-amino-alcohol motifs (C(OH)–C–C–N with tert-alkyl or cyclic N) is 1. The third kappa shape index (κ3) is 4.50. The average molecular weight is 437 g/mol. The monoisotopic (exact) mass is 436 g/mol. The van der Waals surface area contributed by atoms with E-state index in [4.69, 9.17) is 16.7 Å². The van der Waals surface area contributed by atoms with Gasteiger partial charge in [-0.15, -0.1) is 11.3 Å². The molecule has 1 amide bonds. The standard InChI is InChI=1S/C22H26ClFN2O2S/c23-18-14-20(29-21(18)22(28)26-7-1-2-8-26)16-3-4-17(19(24)13-16)15-5-9-25(10-6-15)11-12-27/h3-4,13-15,27H,1-2,5-12H2. The van der Waals surface area contributed by atoms with Crippen LogP contribution in [0.5, 0.6) is 0 Å². The molecule has 0 bridgehead atoms. The normalized spacial score (nSPS) is 18.5. The van der Waals surface area contributed by atoms with Crippen molar-refractivity contribution in [3.05, 3.63) is 45.5 Å². The molecule has 2 saturated heterocycles. The zero-order chi connectivity index (χ0) is 20.4. The third-order valence-electron chi connectivity index (χ3n) is 6.00. The first-order valence-corrected chi connectivity index (χ1v) is 11.5. The Morgan fingerprint density at radius 2 is 1.90 bits per heavy atom. The number of piperidine rings is 1. The van der Waals surface area contributed by atoms with Crippen molar-refractivity contribution < 1.29 is 14.3 Å². The molecule has 1 aromatic heterocycles. The highest BCUT2D eigenvalue weighted by molar-refractivity contribution is 7.18. The summed E-state index contributed by atoms with van der Waals surface area (Å²) in [6, 6.07) is 7.16. The first kappa shape index (κ1) is 20.8. The Labute approximate surface area is 179 Å². The van der Waals surface area contributed by atoms with Gasteiger partial charge >= 0.3 is 0 Å². The van der Waals surface area contributed by atoms with E-state index in [0.29, 0.717) is 16.4 Å². The Hall–Kier alpha value is -1.47. The van der Waals surface area contributed by atoms with Gasteiger partial charge in [-0.25, -0.2) is 4.39 Å². The summed E-state index contributed by atoms with van der Waals surface area (Å²) in [7, 11) is 0. The van der Waals surface area contributed by atoms with E-state index in [1.807, 2.05) is 17.0 Å². The number of hydrogen-bond acceptors (Lipinski definition) is 4. The Morgan fingerprint density at radius 1 is 1.17 bits per heavy atom. The number of thiophene rings is 1. The minimum Gasteiger partial charge on any atom is -0.395 e. The second kappa shape index (κ2) is 9.13. The van der Waals surface area contributed by atoms with Gasteiger partial charge in [-0.3, -0.25) is 4.79 Å². The van der Waals surface area contributed by atoms with E-state index in [0.717, 1.165) is 67.9 Å². The van der Waals surface area contributed by atoms with Crippen LogP contribution in [0.25, 0.3) is 10.4 Å². The van der Waals surface area contributed by atoms with E-state index in [1.165, 1.54) is 11.3 Å². The van der Waals surface area contributed by atoms with Crippen molar-refractivity contribution in [1.82, 2.24) is 9.80 Å². The molecule has 1 N–H and O–H groups in total. The summed E-state index contributed by atoms with van der Waals surface area (Å²) in [6.07, 6.45) is 3.87. The van der Waals surface area contributed by atoms with E-state index >= 15 is 0 Å². The molecular formula is C22H26ClFN2O2S. The number of rotatable bonds is 5. The van der Waals surface area contributed by atoms with Crippen molar-refractivity contribution in [2.24, 2.45) is 0 Å². The van der Waals surface area contributed by atoms with Crippen molar-refractivity contribution in [3.8, 4) is 10.4 Å². The average Bonchev–Trinajstić information content (AvgIpc) is 3.38. The van der Waals surface area contributed by atoms with Crippen molar-refractivity contribution in [3.63, 3.8) is 0 Å². The lowest BCUT2D eigenvalue weighted by Gasteiger charge is -2.31. The maximum atomic E-state index is 14.9. The van der Waals surface area contributed by atoms with E-state index in [-0.39, 0.29) is 24.2 Å². The minimum atomic E-state index is -0.194. The summed E-state index contributed by atoms with van der Waals surface area (Å²) >= 11 is 7.69. The lowest BCUT2D eigenvalue weighted by Crippen LogP contribution is -2.35. The van der Waals surface area contributed by atoms with Gasteiger partial charge in [0.05, 0.1) is 11.6 Å². The maximum absolute atomic E-state index is 14.9. The van der Waals surface area contributed by atoms with Crippen molar-refractivity contribution in [2.45, 2.75) is 31.6 Å². The van der Waals surface area contributed by atoms with Crippen LogP contribution in [0.15, 0.2) is 24.3 Å². The number of hydrogen-bond donors (Lipinski definition) is 1. The molecule has 2 aliphatic heterocycles. The Bertz CT molecular complexity index is 874. The number of aliphatic hydroxyl groups excluding tert-OH is 1. The SMILES string of the molecule is O=C(c1sc(-c2ccc(C3CCN(CCO)CC3)c(F)c2)cc1Cl)N1CCCC1. The van der Waals surface area contributed by atoms with Gasteiger partial charge in [0.2, 0.25) is 0 Å². The van der Waals surface area contributed by atoms with Gasteiger partial charge in [0, 0.05) is 24.5 Å². The first-order valence-electron chi connectivity index (χ1n) is 10.3. The molecule has 156 valence electrons. The van der Waals surface area contributed by atoms with Crippen LogP contribution in [0.1, 0.15) is 46.8 Å². The largest absolute Gasteiger partial charge is 0.395 e. The van der Waals surface area contributed by atoms with E-state index in [1.54, 1.807) is 12.1 Å². The summed E-state index contributed by atoms with van der Waals surface area (Å²) in [5, 5.41) is 9.51. The smallest absolute Gasteiger partial charge is 0.265 e. The van der Waals surface area contributed by atoms with Crippen LogP contribution in [-0.2, 0) is 0 Å². The van der Waals surface area contributed by atoms with Gasteiger partial charge in [-0.1, -0.05) is 23.7 Å². The molecule has 0 atom stereocenters.